The predicted octanol–water partition coefficient (Wildman–Crippen LogP) is 9.73. The molecule has 0 aliphatic heterocycles. The average molecular weight is 550 g/mol. The Bertz CT molecular complexity index is 560. The highest BCUT2D eigenvalue weighted by atomic mass is 16.3. The summed E-state index contributed by atoms with van der Waals surface area (Å²) in [5, 5.41) is 22.8. The summed E-state index contributed by atoms with van der Waals surface area (Å²) >= 11 is 0. The van der Waals surface area contributed by atoms with E-state index >= 15 is 0 Å². The maximum atomic E-state index is 12.2. The molecule has 0 aliphatic carbocycles. The van der Waals surface area contributed by atoms with Gasteiger partial charge in [-0.15, -0.1) is 0 Å². The molecule has 39 heavy (non-hydrogen) atoms. The third-order valence-corrected chi connectivity index (χ3v) is 7.69. The lowest BCUT2D eigenvalue weighted by Gasteiger charge is -2.19. The smallest absolute Gasteiger partial charge is 0.220 e. The quantitative estimate of drug-likeness (QED) is 0.0617. The number of aliphatic hydroxyl groups is 2. The molecule has 0 saturated carbocycles. The molecule has 4 nitrogen and oxygen atoms in total. The van der Waals surface area contributed by atoms with Crippen molar-refractivity contribution in [1.82, 2.24) is 5.32 Å². The molecule has 0 radical (unpaired) electrons. The molecule has 0 heterocycles. The molecule has 0 fully saturated rings. The monoisotopic (exact) mass is 550 g/mol. The first-order valence-electron chi connectivity index (χ1n) is 17.1. The van der Waals surface area contributed by atoms with Crippen LogP contribution in [0.25, 0.3) is 0 Å². The summed E-state index contributed by atoms with van der Waals surface area (Å²) in [7, 11) is 0. The lowest BCUT2D eigenvalue weighted by atomic mass is 10.1. The second-order valence-corrected chi connectivity index (χ2v) is 11.6. The van der Waals surface area contributed by atoms with E-state index in [1.165, 1.54) is 122 Å². The van der Waals surface area contributed by atoms with Crippen molar-refractivity contribution in [3.8, 4) is 0 Å². The summed E-state index contributed by atoms with van der Waals surface area (Å²) < 4.78 is 0. The first kappa shape index (κ1) is 37.9. The molecule has 0 unspecified atom stereocenters. The SMILES string of the molecule is CCCCCCCCCCCCC/C=C/CC/C=C/[C@@H](O)[C@H](CO)NC(=O)CCCCCCCCCCCC. The van der Waals surface area contributed by atoms with Crippen molar-refractivity contribution in [2.75, 3.05) is 6.61 Å². The van der Waals surface area contributed by atoms with Crippen molar-refractivity contribution >= 4 is 5.91 Å². The lowest BCUT2D eigenvalue weighted by Crippen LogP contribution is -2.45. The minimum absolute atomic E-state index is 0.0774. The Morgan fingerprint density at radius 2 is 1.00 bits per heavy atom. The zero-order chi connectivity index (χ0) is 28.7. The van der Waals surface area contributed by atoms with Gasteiger partial charge >= 0.3 is 0 Å². The molecule has 0 aromatic rings. The molecule has 0 aromatic heterocycles. The molecule has 0 rings (SSSR count). The van der Waals surface area contributed by atoms with Crippen LogP contribution in [0.2, 0.25) is 0 Å². The van der Waals surface area contributed by atoms with Crippen molar-refractivity contribution in [2.24, 2.45) is 0 Å². The largest absolute Gasteiger partial charge is 0.394 e. The summed E-state index contributed by atoms with van der Waals surface area (Å²) in [4.78, 5) is 12.2. The molecule has 0 aliphatic rings. The maximum Gasteiger partial charge on any atom is 0.220 e. The number of rotatable bonds is 30. The third kappa shape index (κ3) is 28.2. The fourth-order valence-electron chi connectivity index (χ4n) is 5.02. The fraction of sp³-hybridized carbons (Fsp3) is 0.857. The number of carbonyl (C=O) groups excluding carboxylic acids is 1. The minimum Gasteiger partial charge on any atom is -0.394 e. The number of unbranched alkanes of at least 4 members (excludes halogenated alkanes) is 21. The Kier molecular flexibility index (Phi) is 30.5. The standard InChI is InChI=1S/C35H67NO3/c1-3-5-7-9-11-13-15-16-17-18-19-20-21-22-24-26-28-30-34(38)33(32-37)36-35(39)31-29-27-25-23-14-12-10-8-6-4-2/h21-22,28,30,33-34,37-38H,3-20,23-27,29,31-32H2,1-2H3,(H,36,39)/b22-21+,30-28+/t33-,34+/m0/s1. The van der Waals surface area contributed by atoms with Crippen LogP contribution >= 0.6 is 0 Å². The van der Waals surface area contributed by atoms with E-state index in [0.717, 1.165) is 32.1 Å². The molecule has 3 N–H and O–H groups in total. The van der Waals surface area contributed by atoms with Crippen LogP contribution in [0.1, 0.15) is 174 Å². The molecule has 230 valence electrons. The number of allylic oxidation sites excluding steroid dienone is 3. The summed E-state index contributed by atoms with van der Waals surface area (Å²) in [5.41, 5.74) is 0. The van der Waals surface area contributed by atoms with Gasteiger partial charge in [-0.1, -0.05) is 160 Å². The Balaban J connectivity index is 3.68. The molecule has 0 aromatic carbocycles. The van der Waals surface area contributed by atoms with Gasteiger partial charge in [-0.05, 0) is 32.1 Å². The van der Waals surface area contributed by atoms with Crippen molar-refractivity contribution in [3.63, 3.8) is 0 Å². The third-order valence-electron chi connectivity index (χ3n) is 7.69. The molecular formula is C35H67NO3. The van der Waals surface area contributed by atoms with E-state index in [-0.39, 0.29) is 12.5 Å². The number of aliphatic hydroxyl groups excluding tert-OH is 2. The minimum atomic E-state index is -0.855. The highest BCUT2D eigenvalue weighted by molar-refractivity contribution is 5.76. The molecule has 4 heteroatoms. The summed E-state index contributed by atoms with van der Waals surface area (Å²) in [6, 6.07) is -0.631. The van der Waals surface area contributed by atoms with Crippen molar-refractivity contribution in [2.45, 2.75) is 187 Å². The fourth-order valence-corrected chi connectivity index (χ4v) is 5.02. The highest BCUT2D eigenvalue weighted by Crippen LogP contribution is 2.13. The Hall–Kier alpha value is -1.13. The van der Waals surface area contributed by atoms with Gasteiger partial charge in [0.25, 0.3) is 0 Å². The van der Waals surface area contributed by atoms with Crippen molar-refractivity contribution < 1.29 is 15.0 Å². The predicted molar refractivity (Wildman–Crippen MR) is 170 cm³/mol. The first-order valence-corrected chi connectivity index (χ1v) is 17.1. The number of hydrogen-bond donors (Lipinski definition) is 3. The lowest BCUT2D eigenvalue weighted by molar-refractivity contribution is -0.123. The van der Waals surface area contributed by atoms with Gasteiger partial charge in [0.05, 0.1) is 18.8 Å². The van der Waals surface area contributed by atoms with E-state index in [1.54, 1.807) is 6.08 Å². The first-order chi connectivity index (χ1) is 19.2. The van der Waals surface area contributed by atoms with Crippen LogP contribution in [0, 0.1) is 0 Å². The Morgan fingerprint density at radius 3 is 1.49 bits per heavy atom. The van der Waals surface area contributed by atoms with Crippen LogP contribution in [0.15, 0.2) is 24.3 Å². The van der Waals surface area contributed by atoms with E-state index in [4.69, 9.17) is 0 Å². The second kappa shape index (κ2) is 31.4. The van der Waals surface area contributed by atoms with Gasteiger partial charge in [-0.25, -0.2) is 0 Å². The molecule has 1 amide bonds. The van der Waals surface area contributed by atoms with E-state index in [2.05, 4.69) is 31.3 Å². The van der Waals surface area contributed by atoms with Gasteiger partial charge in [0.2, 0.25) is 5.91 Å². The van der Waals surface area contributed by atoms with Gasteiger partial charge in [0.1, 0.15) is 0 Å². The van der Waals surface area contributed by atoms with Crippen LogP contribution in [-0.2, 0) is 4.79 Å². The van der Waals surface area contributed by atoms with Crippen LogP contribution < -0.4 is 5.32 Å². The summed E-state index contributed by atoms with van der Waals surface area (Å²) in [6.45, 7) is 4.27. The van der Waals surface area contributed by atoms with Crippen LogP contribution in [-0.4, -0.2) is 34.9 Å². The van der Waals surface area contributed by atoms with Gasteiger partial charge in [0, 0.05) is 6.42 Å². The van der Waals surface area contributed by atoms with Crippen molar-refractivity contribution in [1.29, 1.82) is 0 Å². The number of carbonyl (C=O) groups is 1. The highest BCUT2D eigenvalue weighted by Gasteiger charge is 2.17. The zero-order valence-electron chi connectivity index (χ0n) is 26.2. The Morgan fingerprint density at radius 1 is 0.590 bits per heavy atom. The number of hydrogen-bond acceptors (Lipinski definition) is 3. The summed E-state index contributed by atoms with van der Waals surface area (Å²) in [6.07, 6.45) is 38.3. The number of amides is 1. The maximum absolute atomic E-state index is 12.2. The molecule has 2 atom stereocenters. The van der Waals surface area contributed by atoms with Crippen LogP contribution in [0.3, 0.4) is 0 Å². The topological polar surface area (TPSA) is 69.6 Å². The number of nitrogens with one attached hydrogen (secondary N) is 1. The van der Waals surface area contributed by atoms with Crippen molar-refractivity contribution in [3.05, 3.63) is 24.3 Å². The van der Waals surface area contributed by atoms with Gasteiger partial charge in [0.15, 0.2) is 0 Å². The summed E-state index contributed by atoms with van der Waals surface area (Å²) in [5.74, 6) is -0.0774. The second-order valence-electron chi connectivity index (χ2n) is 11.6. The molecule has 0 bridgehead atoms. The van der Waals surface area contributed by atoms with E-state index in [1.807, 2.05) is 6.08 Å². The normalized spacial score (nSPS) is 13.4. The van der Waals surface area contributed by atoms with Gasteiger partial charge < -0.3 is 15.5 Å². The average Bonchev–Trinajstić information content (AvgIpc) is 2.94. The molecule has 0 spiro atoms. The van der Waals surface area contributed by atoms with E-state index in [0.29, 0.717) is 6.42 Å². The van der Waals surface area contributed by atoms with Gasteiger partial charge in [-0.2, -0.15) is 0 Å². The molecular weight excluding hydrogens is 482 g/mol. The van der Waals surface area contributed by atoms with Crippen LogP contribution in [0.4, 0.5) is 0 Å². The van der Waals surface area contributed by atoms with E-state index in [9.17, 15) is 15.0 Å². The zero-order valence-corrected chi connectivity index (χ0v) is 26.2. The molecule has 0 saturated heterocycles. The van der Waals surface area contributed by atoms with Crippen LogP contribution in [0.5, 0.6) is 0 Å². The Labute approximate surface area is 243 Å². The van der Waals surface area contributed by atoms with Gasteiger partial charge in [-0.3, -0.25) is 4.79 Å². The van der Waals surface area contributed by atoms with E-state index < -0.39 is 12.1 Å².